The van der Waals surface area contributed by atoms with Crippen molar-refractivity contribution in [3.05, 3.63) is 63.7 Å². The van der Waals surface area contributed by atoms with Crippen molar-refractivity contribution in [2.45, 2.75) is 13.5 Å². The summed E-state index contributed by atoms with van der Waals surface area (Å²) in [4.78, 5) is 21.3. The van der Waals surface area contributed by atoms with Crippen molar-refractivity contribution in [1.82, 2.24) is 30.1 Å². The minimum Gasteiger partial charge on any atom is -0.336 e. The molecule has 1 aromatic carbocycles. The Labute approximate surface area is 163 Å². The molecule has 0 aliphatic rings. The number of rotatable bonds is 5. The number of thiazole rings is 1. The summed E-state index contributed by atoms with van der Waals surface area (Å²) in [6.45, 7) is 2.53. The number of carbonyl (C=O) groups is 1. The van der Waals surface area contributed by atoms with Crippen molar-refractivity contribution < 1.29 is 4.79 Å². The van der Waals surface area contributed by atoms with E-state index in [-0.39, 0.29) is 5.91 Å². The molecule has 0 fully saturated rings. The van der Waals surface area contributed by atoms with E-state index in [1.54, 1.807) is 39.5 Å². The SMILES string of the molecule is Cc1ccc(-c2cc(C(=O)N(C)Cc3cscn3)cc(-n3cnnn3)c2)s1. The Kier molecular flexibility index (Phi) is 4.78. The van der Waals surface area contributed by atoms with E-state index in [9.17, 15) is 4.79 Å². The number of aryl methyl sites for hydroxylation is 1. The Morgan fingerprint density at radius 1 is 1.26 bits per heavy atom. The summed E-state index contributed by atoms with van der Waals surface area (Å²) in [6, 6.07) is 9.84. The molecule has 1 amide bonds. The highest BCUT2D eigenvalue weighted by molar-refractivity contribution is 7.15. The molecule has 0 spiro atoms. The number of hydrogen-bond donors (Lipinski definition) is 0. The quantitative estimate of drug-likeness (QED) is 0.517. The van der Waals surface area contributed by atoms with Crippen LogP contribution in [0.25, 0.3) is 16.1 Å². The molecule has 0 atom stereocenters. The zero-order valence-electron chi connectivity index (χ0n) is 14.7. The van der Waals surface area contributed by atoms with Crippen LogP contribution in [-0.4, -0.2) is 43.0 Å². The van der Waals surface area contributed by atoms with Crippen LogP contribution in [-0.2, 0) is 6.54 Å². The van der Waals surface area contributed by atoms with Crippen LogP contribution in [0.4, 0.5) is 0 Å². The first-order valence-electron chi connectivity index (χ1n) is 8.18. The number of benzene rings is 1. The number of tetrazole rings is 1. The zero-order chi connectivity index (χ0) is 18.8. The van der Waals surface area contributed by atoms with Gasteiger partial charge < -0.3 is 4.90 Å². The highest BCUT2D eigenvalue weighted by Crippen LogP contribution is 2.30. The molecule has 9 heteroatoms. The Balaban J connectivity index is 1.72. The van der Waals surface area contributed by atoms with Crippen LogP contribution >= 0.6 is 22.7 Å². The van der Waals surface area contributed by atoms with Crippen LogP contribution < -0.4 is 0 Å². The average molecular weight is 397 g/mol. The van der Waals surface area contributed by atoms with Gasteiger partial charge in [0.25, 0.3) is 5.91 Å². The van der Waals surface area contributed by atoms with Crippen LogP contribution in [0.5, 0.6) is 0 Å². The van der Waals surface area contributed by atoms with E-state index < -0.39 is 0 Å². The van der Waals surface area contributed by atoms with Crippen molar-refractivity contribution in [1.29, 1.82) is 0 Å². The standard InChI is InChI=1S/C18H16N6OS2/c1-12-3-4-17(27-12)13-5-14(7-16(6-13)24-10-20-21-22-24)18(25)23(2)8-15-9-26-11-19-15/h3-7,9-11H,8H2,1-2H3. The topological polar surface area (TPSA) is 76.8 Å². The highest BCUT2D eigenvalue weighted by atomic mass is 32.1. The summed E-state index contributed by atoms with van der Waals surface area (Å²) in [6.07, 6.45) is 1.52. The van der Waals surface area contributed by atoms with E-state index in [0.29, 0.717) is 12.1 Å². The van der Waals surface area contributed by atoms with Gasteiger partial charge in [-0.05, 0) is 53.2 Å². The van der Waals surface area contributed by atoms with Crippen molar-refractivity contribution in [2.75, 3.05) is 7.05 Å². The second kappa shape index (κ2) is 7.37. The van der Waals surface area contributed by atoms with Gasteiger partial charge in [-0.1, -0.05) is 0 Å². The summed E-state index contributed by atoms with van der Waals surface area (Å²) < 4.78 is 1.56. The van der Waals surface area contributed by atoms with E-state index >= 15 is 0 Å². The summed E-state index contributed by atoms with van der Waals surface area (Å²) >= 11 is 3.20. The summed E-state index contributed by atoms with van der Waals surface area (Å²) in [5.41, 5.74) is 4.94. The molecule has 0 radical (unpaired) electrons. The van der Waals surface area contributed by atoms with Gasteiger partial charge in [0.05, 0.1) is 23.4 Å². The van der Waals surface area contributed by atoms with E-state index in [1.807, 2.05) is 17.5 Å². The highest BCUT2D eigenvalue weighted by Gasteiger charge is 2.16. The first kappa shape index (κ1) is 17.5. The van der Waals surface area contributed by atoms with Crippen LogP contribution in [0, 0.1) is 6.92 Å². The number of amides is 1. The van der Waals surface area contributed by atoms with E-state index in [0.717, 1.165) is 21.8 Å². The number of carbonyl (C=O) groups excluding carboxylic acids is 1. The van der Waals surface area contributed by atoms with Crippen molar-refractivity contribution in [3.8, 4) is 16.1 Å². The predicted octanol–water partition coefficient (Wildman–Crippen LogP) is 3.43. The average Bonchev–Trinajstić information content (AvgIpc) is 3.43. The molecule has 0 bridgehead atoms. The normalized spacial score (nSPS) is 10.9. The second-order valence-electron chi connectivity index (χ2n) is 6.07. The molecule has 4 rings (SSSR count). The number of nitrogens with zero attached hydrogens (tertiary/aromatic N) is 6. The first-order valence-corrected chi connectivity index (χ1v) is 9.94. The lowest BCUT2D eigenvalue weighted by Crippen LogP contribution is -2.26. The lowest BCUT2D eigenvalue weighted by atomic mass is 10.1. The molecular formula is C18H16N6OS2. The van der Waals surface area contributed by atoms with Crippen molar-refractivity contribution in [3.63, 3.8) is 0 Å². The Bertz CT molecular complexity index is 1060. The molecule has 0 aliphatic carbocycles. The molecular weight excluding hydrogens is 380 g/mol. The maximum atomic E-state index is 13.0. The molecule has 27 heavy (non-hydrogen) atoms. The van der Waals surface area contributed by atoms with E-state index in [1.165, 1.54) is 22.5 Å². The maximum Gasteiger partial charge on any atom is 0.254 e. The van der Waals surface area contributed by atoms with Gasteiger partial charge in [0.15, 0.2) is 0 Å². The van der Waals surface area contributed by atoms with Crippen molar-refractivity contribution >= 4 is 28.6 Å². The van der Waals surface area contributed by atoms with Gasteiger partial charge in [-0.2, -0.15) is 0 Å². The van der Waals surface area contributed by atoms with Gasteiger partial charge >= 0.3 is 0 Å². The smallest absolute Gasteiger partial charge is 0.254 e. The third kappa shape index (κ3) is 3.79. The van der Waals surface area contributed by atoms with Gasteiger partial charge in [-0.15, -0.1) is 27.8 Å². The molecule has 0 N–H and O–H groups in total. The molecule has 4 aromatic rings. The molecule has 0 saturated heterocycles. The summed E-state index contributed by atoms with van der Waals surface area (Å²) in [5.74, 6) is -0.0764. The van der Waals surface area contributed by atoms with E-state index in [2.05, 4.69) is 39.6 Å². The molecule has 3 heterocycles. The van der Waals surface area contributed by atoms with Gasteiger partial charge in [0, 0.05) is 27.7 Å². The fraction of sp³-hybridized carbons (Fsp3) is 0.167. The number of hydrogen-bond acceptors (Lipinski definition) is 7. The fourth-order valence-corrected chi connectivity index (χ4v) is 4.13. The summed E-state index contributed by atoms with van der Waals surface area (Å²) in [5, 5.41) is 13.3. The van der Waals surface area contributed by atoms with Gasteiger partial charge in [-0.3, -0.25) is 4.79 Å². The summed E-state index contributed by atoms with van der Waals surface area (Å²) in [7, 11) is 1.78. The largest absolute Gasteiger partial charge is 0.336 e. The van der Waals surface area contributed by atoms with Crippen LogP contribution in [0.2, 0.25) is 0 Å². The van der Waals surface area contributed by atoms with Crippen LogP contribution in [0.15, 0.2) is 47.5 Å². The fourth-order valence-electron chi connectivity index (χ4n) is 2.73. The third-order valence-electron chi connectivity index (χ3n) is 4.03. The Hall–Kier alpha value is -2.91. The van der Waals surface area contributed by atoms with Gasteiger partial charge in [-0.25, -0.2) is 9.67 Å². The molecule has 0 unspecified atom stereocenters. The lowest BCUT2D eigenvalue weighted by molar-refractivity contribution is 0.0783. The zero-order valence-corrected chi connectivity index (χ0v) is 16.4. The molecule has 0 aliphatic heterocycles. The van der Waals surface area contributed by atoms with Crippen LogP contribution in [0.3, 0.4) is 0 Å². The molecule has 7 nitrogen and oxygen atoms in total. The second-order valence-corrected chi connectivity index (χ2v) is 8.08. The third-order valence-corrected chi connectivity index (χ3v) is 5.72. The minimum absolute atomic E-state index is 0.0764. The number of thiophene rings is 1. The number of aromatic nitrogens is 5. The monoisotopic (exact) mass is 396 g/mol. The molecule has 0 saturated carbocycles. The lowest BCUT2D eigenvalue weighted by Gasteiger charge is -2.17. The Morgan fingerprint density at radius 3 is 2.81 bits per heavy atom. The van der Waals surface area contributed by atoms with Gasteiger partial charge in [0.1, 0.15) is 6.33 Å². The predicted molar refractivity (Wildman–Crippen MR) is 105 cm³/mol. The maximum absolute atomic E-state index is 13.0. The van der Waals surface area contributed by atoms with Gasteiger partial charge in [0.2, 0.25) is 0 Å². The molecule has 136 valence electrons. The minimum atomic E-state index is -0.0764. The molecule has 3 aromatic heterocycles. The van der Waals surface area contributed by atoms with Crippen molar-refractivity contribution in [2.24, 2.45) is 0 Å². The first-order chi connectivity index (χ1) is 13.1. The van der Waals surface area contributed by atoms with E-state index in [4.69, 9.17) is 0 Å². The van der Waals surface area contributed by atoms with Crippen LogP contribution in [0.1, 0.15) is 20.9 Å². The Morgan fingerprint density at radius 2 is 2.15 bits per heavy atom.